The molecule has 0 aliphatic carbocycles. The van der Waals surface area contributed by atoms with E-state index < -0.39 is 0 Å². The van der Waals surface area contributed by atoms with E-state index in [2.05, 4.69) is 48.5 Å². The van der Waals surface area contributed by atoms with Crippen LogP contribution in [0.15, 0.2) is 41.4 Å². The minimum Gasteiger partial charge on any atom is -0.485 e. The van der Waals surface area contributed by atoms with Crippen LogP contribution in [0.25, 0.3) is 11.3 Å². The van der Waals surface area contributed by atoms with E-state index in [9.17, 15) is 4.79 Å². The number of pyridine rings is 1. The second-order valence-corrected chi connectivity index (χ2v) is 8.29. The van der Waals surface area contributed by atoms with Crippen LogP contribution in [0.4, 0.5) is 0 Å². The summed E-state index contributed by atoms with van der Waals surface area (Å²) in [6.45, 7) is 3.87. The number of amides is 1. The Hall–Kier alpha value is -2.01. The van der Waals surface area contributed by atoms with E-state index in [1.54, 1.807) is 11.8 Å². The zero-order valence-corrected chi connectivity index (χ0v) is 16.1. The number of thioether (sulfide) groups is 1. The maximum atomic E-state index is 10.9. The quantitative estimate of drug-likeness (QED) is 0.604. The molecule has 136 valence electrons. The number of rotatable bonds is 4. The van der Waals surface area contributed by atoms with Crippen LogP contribution in [0.3, 0.4) is 0 Å². The molecule has 3 heterocycles. The first kappa shape index (κ1) is 17.4. The van der Waals surface area contributed by atoms with Gasteiger partial charge in [0.05, 0.1) is 11.9 Å². The lowest BCUT2D eigenvalue weighted by Crippen LogP contribution is -2.45. The van der Waals surface area contributed by atoms with Gasteiger partial charge in [0.1, 0.15) is 11.4 Å². The number of piperidine rings is 1. The number of nitrogens with zero attached hydrogens (tertiary/aromatic N) is 2. The normalized spacial score (nSPS) is 22.8. The van der Waals surface area contributed by atoms with Crippen molar-refractivity contribution in [2.75, 3.05) is 19.3 Å². The van der Waals surface area contributed by atoms with Gasteiger partial charge in [0.15, 0.2) is 0 Å². The molecular weight excluding hydrogens is 344 g/mol. The maximum absolute atomic E-state index is 10.9. The van der Waals surface area contributed by atoms with Crippen LogP contribution in [0.5, 0.6) is 5.75 Å². The minimum atomic E-state index is -0.194. The predicted molar refractivity (Wildman–Crippen MR) is 105 cm³/mol. The fourth-order valence-electron chi connectivity index (χ4n) is 4.14. The summed E-state index contributed by atoms with van der Waals surface area (Å²) in [6.07, 6.45) is 7.83. The van der Waals surface area contributed by atoms with Crippen LogP contribution >= 0.6 is 11.8 Å². The highest BCUT2D eigenvalue weighted by Crippen LogP contribution is 2.43. The van der Waals surface area contributed by atoms with Crippen molar-refractivity contribution in [1.82, 2.24) is 9.88 Å². The van der Waals surface area contributed by atoms with Crippen LogP contribution in [0, 0.1) is 5.92 Å². The van der Waals surface area contributed by atoms with E-state index in [4.69, 9.17) is 4.74 Å². The highest BCUT2D eigenvalue weighted by Gasteiger charge is 2.43. The van der Waals surface area contributed by atoms with Gasteiger partial charge in [-0.3, -0.25) is 9.78 Å². The van der Waals surface area contributed by atoms with Crippen LogP contribution < -0.4 is 4.74 Å². The lowest BCUT2D eigenvalue weighted by atomic mass is 9.79. The lowest BCUT2D eigenvalue weighted by Gasteiger charge is -2.38. The average molecular weight is 369 g/mol. The third-order valence-electron chi connectivity index (χ3n) is 5.76. The topological polar surface area (TPSA) is 42.4 Å². The third-order valence-corrected chi connectivity index (χ3v) is 6.50. The van der Waals surface area contributed by atoms with Crippen molar-refractivity contribution in [3.05, 3.63) is 42.1 Å². The Balaban J connectivity index is 1.53. The van der Waals surface area contributed by atoms with Gasteiger partial charge in [-0.2, -0.15) is 0 Å². The number of hydrogen-bond acceptors (Lipinski definition) is 4. The molecule has 0 saturated carbocycles. The first-order chi connectivity index (χ1) is 12.6. The molecule has 1 fully saturated rings. The molecule has 4 nitrogen and oxygen atoms in total. The number of likely N-dealkylation sites (tertiary alicyclic amines) is 1. The van der Waals surface area contributed by atoms with Gasteiger partial charge in [0.25, 0.3) is 0 Å². The van der Waals surface area contributed by atoms with E-state index in [1.807, 2.05) is 11.1 Å². The van der Waals surface area contributed by atoms with E-state index in [1.165, 1.54) is 10.5 Å². The number of hydrogen-bond donors (Lipinski definition) is 0. The summed E-state index contributed by atoms with van der Waals surface area (Å²) in [5, 5.41) is 0. The molecule has 1 atom stereocenters. The van der Waals surface area contributed by atoms with Gasteiger partial charge >= 0.3 is 0 Å². The summed E-state index contributed by atoms with van der Waals surface area (Å²) in [7, 11) is 0. The molecule has 26 heavy (non-hydrogen) atoms. The van der Waals surface area contributed by atoms with Crippen molar-refractivity contribution < 1.29 is 9.53 Å². The monoisotopic (exact) mass is 368 g/mol. The van der Waals surface area contributed by atoms with E-state index >= 15 is 0 Å². The zero-order chi connectivity index (χ0) is 18.1. The highest BCUT2D eigenvalue weighted by atomic mass is 32.2. The number of carbonyl (C=O) groups excluding carboxylic acids is 1. The third kappa shape index (κ3) is 3.20. The number of carbonyl (C=O) groups is 1. The number of aromatic nitrogens is 1. The predicted octanol–water partition coefficient (Wildman–Crippen LogP) is 4.03. The van der Waals surface area contributed by atoms with Crippen LogP contribution in [-0.4, -0.2) is 41.2 Å². The van der Waals surface area contributed by atoms with Gasteiger partial charge in [0, 0.05) is 41.5 Å². The maximum Gasteiger partial charge on any atom is 0.209 e. The minimum absolute atomic E-state index is 0.194. The smallest absolute Gasteiger partial charge is 0.209 e. The van der Waals surface area contributed by atoms with Gasteiger partial charge in [-0.25, -0.2) is 0 Å². The fourth-order valence-corrected chi connectivity index (χ4v) is 4.55. The number of benzene rings is 1. The van der Waals surface area contributed by atoms with Crippen molar-refractivity contribution in [3.8, 4) is 17.0 Å². The number of ether oxygens (including phenoxy) is 1. The van der Waals surface area contributed by atoms with Crippen LogP contribution in [-0.2, 0) is 11.2 Å². The molecule has 0 N–H and O–H groups in total. The van der Waals surface area contributed by atoms with Gasteiger partial charge in [-0.15, -0.1) is 11.8 Å². The van der Waals surface area contributed by atoms with E-state index in [0.717, 1.165) is 55.8 Å². The SMILES string of the molecule is CSc1ccc(-c2cc3c(cn2)OC(C)(C2CCN(C=O)CC2)C3)cc1. The van der Waals surface area contributed by atoms with E-state index in [0.29, 0.717) is 5.92 Å². The Bertz CT molecular complexity index is 800. The molecule has 2 aliphatic heterocycles. The van der Waals surface area contributed by atoms with Gasteiger partial charge in [-0.05, 0) is 44.2 Å². The second kappa shape index (κ2) is 6.95. The summed E-state index contributed by atoms with van der Waals surface area (Å²) < 4.78 is 6.36. The van der Waals surface area contributed by atoms with Crippen molar-refractivity contribution in [3.63, 3.8) is 0 Å². The van der Waals surface area contributed by atoms with Gasteiger partial charge in [-0.1, -0.05) is 12.1 Å². The Morgan fingerprint density at radius 2 is 2.00 bits per heavy atom. The Labute approximate surface area is 159 Å². The Morgan fingerprint density at radius 3 is 2.65 bits per heavy atom. The standard InChI is InChI=1S/C21H24N2O2S/c1-21(17-7-9-23(14-24)10-8-17)12-16-11-19(22-13-20(16)25-21)15-3-5-18(26-2)6-4-15/h3-6,11,13-14,17H,7-10,12H2,1-2H3. The average Bonchev–Trinajstić information content (AvgIpc) is 3.04. The Kier molecular flexibility index (Phi) is 4.65. The molecule has 2 aromatic rings. The summed E-state index contributed by atoms with van der Waals surface area (Å²) >= 11 is 1.74. The van der Waals surface area contributed by atoms with Crippen molar-refractivity contribution >= 4 is 18.2 Å². The molecule has 1 aromatic carbocycles. The molecule has 1 saturated heterocycles. The molecule has 1 aromatic heterocycles. The molecule has 5 heteroatoms. The van der Waals surface area contributed by atoms with E-state index in [-0.39, 0.29) is 5.60 Å². The first-order valence-corrected chi connectivity index (χ1v) is 10.4. The molecular formula is C21H24N2O2S. The molecule has 1 unspecified atom stereocenters. The molecule has 1 amide bonds. The molecule has 0 bridgehead atoms. The Morgan fingerprint density at radius 1 is 1.27 bits per heavy atom. The summed E-state index contributed by atoms with van der Waals surface area (Å²) in [5.74, 6) is 1.38. The van der Waals surface area contributed by atoms with Crippen LogP contribution in [0.1, 0.15) is 25.3 Å². The molecule has 4 rings (SSSR count). The highest BCUT2D eigenvalue weighted by molar-refractivity contribution is 7.98. The summed E-state index contributed by atoms with van der Waals surface area (Å²) in [4.78, 5) is 18.7. The second-order valence-electron chi connectivity index (χ2n) is 7.41. The molecule has 2 aliphatic rings. The molecule has 0 radical (unpaired) electrons. The van der Waals surface area contributed by atoms with Gasteiger partial charge < -0.3 is 9.64 Å². The lowest BCUT2D eigenvalue weighted by molar-refractivity contribution is -0.120. The zero-order valence-electron chi connectivity index (χ0n) is 15.3. The van der Waals surface area contributed by atoms with Crippen LogP contribution in [0.2, 0.25) is 0 Å². The van der Waals surface area contributed by atoms with Crippen molar-refractivity contribution in [1.29, 1.82) is 0 Å². The van der Waals surface area contributed by atoms with Crippen molar-refractivity contribution in [2.45, 2.75) is 36.7 Å². The first-order valence-electron chi connectivity index (χ1n) is 9.13. The number of fused-ring (bicyclic) bond motifs is 1. The van der Waals surface area contributed by atoms with Gasteiger partial charge in [0.2, 0.25) is 6.41 Å². The fraction of sp³-hybridized carbons (Fsp3) is 0.429. The largest absolute Gasteiger partial charge is 0.485 e. The summed E-state index contributed by atoms with van der Waals surface area (Å²) in [6, 6.07) is 10.7. The summed E-state index contributed by atoms with van der Waals surface area (Å²) in [5.41, 5.74) is 3.18. The van der Waals surface area contributed by atoms with Crippen molar-refractivity contribution in [2.24, 2.45) is 5.92 Å². The molecule has 0 spiro atoms.